The summed E-state index contributed by atoms with van der Waals surface area (Å²) in [5.41, 5.74) is 0.870. The number of carboxylic acid groups (broad SMARTS) is 1. The molecule has 0 saturated carbocycles. The van der Waals surface area contributed by atoms with Gasteiger partial charge in [0.2, 0.25) is 0 Å². The fourth-order valence-corrected chi connectivity index (χ4v) is 3.04. The van der Waals surface area contributed by atoms with Gasteiger partial charge < -0.3 is 9.67 Å². The largest absolute Gasteiger partial charge is 0.477 e. The highest BCUT2D eigenvalue weighted by molar-refractivity contribution is 5.90. The van der Waals surface area contributed by atoms with Gasteiger partial charge >= 0.3 is 11.7 Å². The molecule has 25 heavy (non-hydrogen) atoms. The molecule has 132 valence electrons. The van der Waals surface area contributed by atoms with Crippen LogP contribution in [-0.2, 0) is 13.6 Å². The normalized spacial score (nSPS) is 11.5. The van der Waals surface area contributed by atoms with Gasteiger partial charge in [-0.3, -0.25) is 9.13 Å². The molecule has 0 amide bonds. The Morgan fingerprint density at radius 3 is 2.56 bits per heavy atom. The maximum Gasteiger partial charge on any atom is 0.354 e. The van der Waals surface area contributed by atoms with Gasteiger partial charge in [-0.25, -0.2) is 14.6 Å². The van der Waals surface area contributed by atoms with Crippen molar-refractivity contribution >= 4 is 17.0 Å². The van der Waals surface area contributed by atoms with E-state index in [0.717, 1.165) is 12.8 Å². The van der Waals surface area contributed by atoms with Crippen molar-refractivity contribution in [1.29, 1.82) is 0 Å². The molecule has 0 spiro atoms. The molecule has 0 unspecified atom stereocenters. The number of hydrogen-bond donors (Lipinski definition) is 1. The second-order valence-corrected chi connectivity index (χ2v) is 5.93. The second kappa shape index (κ2) is 6.50. The maximum atomic E-state index is 13.1. The molecular formula is C16H20N6O3. The van der Waals surface area contributed by atoms with E-state index in [1.54, 1.807) is 22.5 Å². The Labute approximate surface area is 143 Å². The molecule has 9 heteroatoms. The first-order chi connectivity index (χ1) is 12.0. The Morgan fingerprint density at radius 2 is 2.00 bits per heavy atom. The molecule has 0 bridgehead atoms. The molecule has 0 aliphatic heterocycles. The number of fused-ring (bicyclic) bond motifs is 1. The SMILES string of the molecule is CCC(CC)n1c(=O)n(Cc2nncn2C)c2cc(C(=O)O)ncc21. The molecule has 0 aliphatic carbocycles. The van der Waals surface area contributed by atoms with Crippen molar-refractivity contribution in [3.63, 3.8) is 0 Å². The van der Waals surface area contributed by atoms with Crippen LogP contribution in [-0.4, -0.2) is 40.0 Å². The average molecular weight is 344 g/mol. The van der Waals surface area contributed by atoms with E-state index in [0.29, 0.717) is 16.9 Å². The second-order valence-electron chi connectivity index (χ2n) is 5.93. The summed E-state index contributed by atoms with van der Waals surface area (Å²) >= 11 is 0. The number of hydrogen-bond acceptors (Lipinski definition) is 5. The molecule has 0 radical (unpaired) electrons. The Balaban J connectivity index is 2.27. The van der Waals surface area contributed by atoms with Crippen molar-refractivity contribution in [2.24, 2.45) is 7.05 Å². The molecule has 3 aromatic heterocycles. The summed E-state index contributed by atoms with van der Waals surface area (Å²) in [6.45, 7) is 4.25. The topological polar surface area (TPSA) is 108 Å². The van der Waals surface area contributed by atoms with Gasteiger partial charge in [-0.05, 0) is 18.9 Å². The standard InChI is InChI=1S/C16H20N6O3/c1-4-10(5-2)22-13-7-17-11(15(23)24)6-12(13)21(16(22)25)8-14-19-18-9-20(14)3/h6-7,9-10H,4-5,8H2,1-3H3,(H,23,24). The molecule has 0 saturated heterocycles. The predicted molar refractivity (Wildman–Crippen MR) is 90.7 cm³/mol. The fraction of sp³-hybridized carbons (Fsp3) is 0.438. The lowest BCUT2D eigenvalue weighted by Gasteiger charge is -2.14. The van der Waals surface area contributed by atoms with Gasteiger partial charge in [-0.2, -0.15) is 0 Å². The Kier molecular flexibility index (Phi) is 4.39. The van der Waals surface area contributed by atoms with Gasteiger partial charge in [0.05, 0.1) is 23.8 Å². The average Bonchev–Trinajstić information content (AvgIpc) is 3.12. The molecular weight excluding hydrogens is 324 g/mol. The quantitative estimate of drug-likeness (QED) is 0.725. The smallest absolute Gasteiger partial charge is 0.354 e. The molecule has 3 aromatic rings. The van der Waals surface area contributed by atoms with E-state index in [1.807, 2.05) is 13.8 Å². The monoisotopic (exact) mass is 344 g/mol. The minimum absolute atomic E-state index is 0.0215. The van der Waals surface area contributed by atoms with Crippen molar-refractivity contribution in [2.45, 2.75) is 39.3 Å². The number of pyridine rings is 1. The van der Waals surface area contributed by atoms with Gasteiger partial charge in [-0.1, -0.05) is 13.8 Å². The van der Waals surface area contributed by atoms with Gasteiger partial charge in [-0.15, -0.1) is 10.2 Å². The minimum Gasteiger partial charge on any atom is -0.477 e. The van der Waals surface area contributed by atoms with E-state index in [9.17, 15) is 14.7 Å². The zero-order chi connectivity index (χ0) is 18.1. The third kappa shape index (κ3) is 2.81. The third-order valence-electron chi connectivity index (χ3n) is 4.48. The Hall–Kier alpha value is -2.97. The summed E-state index contributed by atoms with van der Waals surface area (Å²) in [7, 11) is 1.80. The number of nitrogens with zero attached hydrogens (tertiary/aromatic N) is 6. The van der Waals surface area contributed by atoms with Crippen LogP contribution < -0.4 is 5.69 Å². The minimum atomic E-state index is -1.13. The first-order valence-electron chi connectivity index (χ1n) is 8.14. The first kappa shape index (κ1) is 16.9. The number of carboxylic acids is 1. The summed E-state index contributed by atoms with van der Waals surface area (Å²) in [6, 6.07) is 1.46. The van der Waals surface area contributed by atoms with E-state index in [-0.39, 0.29) is 24.0 Å². The van der Waals surface area contributed by atoms with Crippen LogP contribution in [0.5, 0.6) is 0 Å². The van der Waals surface area contributed by atoms with Gasteiger partial charge in [0.1, 0.15) is 12.0 Å². The molecule has 0 aliphatic rings. The summed E-state index contributed by atoms with van der Waals surface area (Å²) < 4.78 is 4.96. The Bertz CT molecular complexity index is 980. The van der Waals surface area contributed by atoms with Crippen LogP contribution in [0.3, 0.4) is 0 Å². The van der Waals surface area contributed by atoms with Crippen LogP contribution in [0, 0.1) is 0 Å². The number of aryl methyl sites for hydroxylation is 1. The van der Waals surface area contributed by atoms with Crippen LogP contribution in [0.2, 0.25) is 0 Å². The highest BCUT2D eigenvalue weighted by Crippen LogP contribution is 2.22. The zero-order valence-electron chi connectivity index (χ0n) is 14.4. The van der Waals surface area contributed by atoms with Crippen molar-refractivity contribution in [1.82, 2.24) is 28.9 Å². The van der Waals surface area contributed by atoms with Gasteiger partial charge in [0.25, 0.3) is 0 Å². The van der Waals surface area contributed by atoms with E-state index in [1.165, 1.54) is 16.8 Å². The van der Waals surface area contributed by atoms with E-state index in [4.69, 9.17) is 0 Å². The van der Waals surface area contributed by atoms with Crippen molar-refractivity contribution in [2.75, 3.05) is 0 Å². The van der Waals surface area contributed by atoms with Crippen LogP contribution in [0.4, 0.5) is 0 Å². The van der Waals surface area contributed by atoms with Crippen LogP contribution >= 0.6 is 0 Å². The summed E-state index contributed by atoms with van der Waals surface area (Å²) in [5.74, 6) is -0.519. The van der Waals surface area contributed by atoms with E-state index >= 15 is 0 Å². The van der Waals surface area contributed by atoms with Gasteiger partial charge in [0.15, 0.2) is 5.82 Å². The van der Waals surface area contributed by atoms with Gasteiger partial charge in [0, 0.05) is 13.1 Å². The lowest BCUT2D eigenvalue weighted by atomic mass is 10.1. The van der Waals surface area contributed by atoms with Crippen LogP contribution in [0.15, 0.2) is 23.4 Å². The molecule has 3 rings (SSSR count). The van der Waals surface area contributed by atoms with Crippen LogP contribution in [0.1, 0.15) is 49.0 Å². The number of imidazole rings is 1. The summed E-state index contributed by atoms with van der Waals surface area (Å²) in [5, 5.41) is 17.1. The van der Waals surface area contributed by atoms with Crippen molar-refractivity contribution < 1.29 is 9.90 Å². The highest BCUT2D eigenvalue weighted by atomic mass is 16.4. The van der Waals surface area contributed by atoms with E-state index in [2.05, 4.69) is 15.2 Å². The number of carbonyl (C=O) groups is 1. The number of aromatic nitrogens is 6. The molecule has 0 aromatic carbocycles. The first-order valence-corrected chi connectivity index (χ1v) is 8.14. The summed E-state index contributed by atoms with van der Waals surface area (Å²) in [6.07, 6.45) is 4.61. The highest BCUT2D eigenvalue weighted by Gasteiger charge is 2.21. The molecule has 3 heterocycles. The molecule has 0 fully saturated rings. The Morgan fingerprint density at radius 1 is 1.28 bits per heavy atom. The molecule has 9 nitrogen and oxygen atoms in total. The molecule has 0 atom stereocenters. The van der Waals surface area contributed by atoms with Crippen molar-refractivity contribution in [3.05, 3.63) is 40.6 Å². The summed E-state index contributed by atoms with van der Waals surface area (Å²) in [4.78, 5) is 28.3. The van der Waals surface area contributed by atoms with E-state index < -0.39 is 5.97 Å². The maximum absolute atomic E-state index is 13.1. The lowest BCUT2D eigenvalue weighted by Crippen LogP contribution is -2.28. The van der Waals surface area contributed by atoms with Crippen molar-refractivity contribution in [3.8, 4) is 0 Å². The van der Waals surface area contributed by atoms with Crippen LogP contribution in [0.25, 0.3) is 11.0 Å². The fourth-order valence-electron chi connectivity index (χ4n) is 3.04. The molecule has 1 N–H and O–H groups in total. The number of aromatic carboxylic acids is 1. The lowest BCUT2D eigenvalue weighted by molar-refractivity contribution is 0.0690. The number of rotatable bonds is 6. The zero-order valence-corrected chi connectivity index (χ0v) is 14.4. The predicted octanol–water partition coefficient (Wildman–Crippen LogP) is 1.43. The third-order valence-corrected chi connectivity index (χ3v) is 4.48.